The quantitative estimate of drug-likeness (QED) is 0.656. The van der Waals surface area contributed by atoms with Crippen LogP contribution >= 0.6 is 0 Å². The fraction of sp³-hybridized carbons (Fsp3) is 0.600. The Hall–Kier alpha value is -0.780. The topological polar surface area (TPSA) is 0 Å². The van der Waals surface area contributed by atoms with Crippen LogP contribution in [-0.4, -0.2) is 0 Å². The van der Waals surface area contributed by atoms with Crippen LogP contribution in [0.15, 0.2) is 24.3 Å². The Morgan fingerprint density at radius 1 is 1.13 bits per heavy atom. The molecule has 0 radical (unpaired) electrons. The van der Waals surface area contributed by atoms with Gasteiger partial charge in [0.1, 0.15) is 0 Å². The molecule has 0 amide bonds. The molecule has 0 aromatic heterocycles. The van der Waals surface area contributed by atoms with Crippen LogP contribution in [0.2, 0.25) is 0 Å². The molecular weight excluding hydrogens is 180 g/mol. The Kier molecular flexibility index (Phi) is 3.45. The molecule has 0 saturated heterocycles. The van der Waals surface area contributed by atoms with Gasteiger partial charge in [-0.3, -0.25) is 0 Å². The molecule has 0 heterocycles. The number of hydrogen-bond acceptors (Lipinski definition) is 0. The smallest absolute Gasteiger partial charge is 0.0159 e. The van der Waals surface area contributed by atoms with Crippen LogP contribution in [0.1, 0.15) is 68.9 Å². The zero-order valence-corrected chi connectivity index (χ0v) is 10.00. The van der Waals surface area contributed by atoms with E-state index >= 15 is 0 Å². The summed E-state index contributed by atoms with van der Waals surface area (Å²) in [5.41, 5.74) is 3.26. The van der Waals surface area contributed by atoms with Gasteiger partial charge in [0.25, 0.3) is 0 Å². The summed E-state index contributed by atoms with van der Waals surface area (Å²) >= 11 is 0. The van der Waals surface area contributed by atoms with Crippen molar-refractivity contribution in [2.24, 2.45) is 0 Å². The fourth-order valence-electron chi connectivity index (χ4n) is 2.84. The van der Waals surface area contributed by atoms with Gasteiger partial charge in [-0.15, -0.1) is 0 Å². The van der Waals surface area contributed by atoms with Crippen LogP contribution in [-0.2, 0) is 0 Å². The van der Waals surface area contributed by atoms with E-state index in [0.717, 1.165) is 11.8 Å². The van der Waals surface area contributed by atoms with Crippen LogP contribution in [0.3, 0.4) is 0 Å². The van der Waals surface area contributed by atoms with Crippen molar-refractivity contribution in [1.29, 1.82) is 0 Å². The molecule has 1 aromatic carbocycles. The molecule has 15 heavy (non-hydrogen) atoms. The summed E-state index contributed by atoms with van der Waals surface area (Å²) in [6.45, 7) is 4.66. The first-order chi connectivity index (χ1) is 7.33. The lowest BCUT2D eigenvalue weighted by molar-refractivity contribution is 0.466. The predicted octanol–water partition coefficient (Wildman–Crippen LogP) is 4.86. The summed E-state index contributed by atoms with van der Waals surface area (Å²) in [5.74, 6) is 1.62. The molecular formula is C15H22. The monoisotopic (exact) mass is 202 g/mol. The first kappa shape index (κ1) is 10.7. The summed E-state index contributed by atoms with van der Waals surface area (Å²) in [7, 11) is 0. The summed E-state index contributed by atoms with van der Waals surface area (Å²) < 4.78 is 0. The number of fused-ring (bicyclic) bond motifs is 1. The van der Waals surface area contributed by atoms with Crippen LogP contribution < -0.4 is 0 Å². The fourth-order valence-corrected chi connectivity index (χ4v) is 2.84. The molecule has 2 rings (SSSR count). The maximum Gasteiger partial charge on any atom is -0.0159 e. The highest BCUT2D eigenvalue weighted by Gasteiger charge is 2.23. The highest BCUT2D eigenvalue weighted by Crippen LogP contribution is 2.40. The molecule has 0 heteroatoms. The lowest BCUT2D eigenvalue weighted by Gasteiger charge is -2.29. The van der Waals surface area contributed by atoms with Crippen LogP contribution in [0, 0.1) is 0 Å². The average molecular weight is 202 g/mol. The zero-order valence-electron chi connectivity index (χ0n) is 10.00. The molecule has 0 spiro atoms. The minimum Gasteiger partial charge on any atom is -0.0654 e. The lowest BCUT2D eigenvalue weighted by Crippen LogP contribution is -2.12. The maximum absolute atomic E-state index is 2.37. The van der Waals surface area contributed by atoms with E-state index < -0.39 is 0 Å². The van der Waals surface area contributed by atoms with E-state index in [-0.39, 0.29) is 0 Å². The van der Waals surface area contributed by atoms with Crippen molar-refractivity contribution in [3.8, 4) is 0 Å². The molecule has 1 aliphatic rings. The van der Waals surface area contributed by atoms with Gasteiger partial charge in [0.05, 0.1) is 0 Å². The largest absolute Gasteiger partial charge is 0.0654 e. The van der Waals surface area contributed by atoms with Crippen LogP contribution in [0.25, 0.3) is 0 Å². The molecule has 0 bridgehead atoms. The molecule has 1 aliphatic carbocycles. The summed E-state index contributed by atoms with van der Waals surface area (Å²) in [6.07, 6.45) is 6.88. The van der Waals surface area contributed by atoms with E-state index in [2.05, 4.69) is 38.1 Å². The number of unbranched alkanes of at least 4 members (excludes halogenated alkanes) is 1. The second kappa shape index (κ2) is 4.83. The van der Waals surface area contributed by atoms with Crippen molar-refractivity contribution in [3.63, 3.8) is 0 Å². The van der Waals surface area contributed by atoms with Crippen molar-refractivity contribution >= 4 is 0 Å². The Bertz CT molecular complexity index is 314. The lowest BCUT2D eigenvalue weighted by atomic mass is 9.76. The van der Waals surface area contributed by atoms with E-state index in [4.69, 9.17) is 0 Å². The van der Waals surface area contributed by atoms with Crippen LogP contribution in [0.5, 0.6) is 0 Å². The van der Waals surface area contributed by atoms with Gasteiger partial charge < -0.3 is 0 Å². The van der Waals surface area contributed by atoms with E-state index in [1.165, 1.54) is 32.1 Å². The molecule has 2 atom stereocenters. The first-order valence-corrected chi connectivity index (χ1v) is 6.41. The van der Waals surface area contributed by atoms with Crippen molar-refractivity contribution in [3.05, 3.63) is 35.4 Å². The minimum atomic E-state index is 0.777. The van der Waals surface area contributed by atoms with Crippen LogP contribution in [0.4, 0.5) is 0 Å². The van der Waals surface area contributed by atoms with Crippen molar-refractivity contribution in [2.75, 3.05) is 0 Å². The Morgan fingerprint density at radius 2 is 1.87 bits per heavy atom. The Labute approximate surface area is 93.7 Å². The third-order valence-corrected chi connectivity index (χ3v) is 3.82. The van der Waals surface area contributed by atoms with Gasteiger partial charge >= 0.3 is 0 Å². The highest BCUT2D eigenvalue weighted by atomic mass is 14.3. The van der Waals surface area contributed by atoms with Gasteiger partial charge in [-0.05, 0) is 42.2 Å². The van der Waals surface area contributed by atoms with Gasteiger partial charge in [0.2, 0.25) is 0 Å². The molecule has 82 valence electrons. The summed E-state index contributed by atoms with van der Waals surface area (Å²) in [6, 6.07) is 9.08. The zero-order chi connectivity index (χ0) is 10.7. The summed E-state index contributed by atoms with van der Waals surface area (Å²) in [4.78, 5) is 0. The van der Waals surface area contributed by atoms with Crippen molar-refractivity contribution < 1.29 is 0 Å². The Morgan fingerprint density at radius 3 is 2.60 bits per heavy atom. The highest BCUT2D eigenvalue weighted by molar-refractivity contribution is 5.35. The normalized spacial score (nSPS) is 24.9. The van der Waals surface area contributed by atoms with E-state index in [1.807, 2.05) is 0 Å². The second-order valence-electron chi connectivity index (χ2n) is 4.95. The molecule has 1 aromatic rings. The third kappa shape index (κ3) is 2.25. The van der Waals surface area contributed by atoms with Gasteiger partial charge in [-0.2, -0.15) is 0 Å². The average Bonchev–Trinajstić information content (AvgIpc) is 2.29. The van der Waals surface area contributed by atoms with Gasteiger partial charge in [-0.25, -0.2) is 0 Å². The van der Waals surface area contributed by atoms with E-state index in [0.29, 0.717) is 0 Å². The van der Waals surface area contributed by atoms with Gasteiger partial charge in [0, 0.05) is 0 Å². The second-order valence-corrected chi connectivity index (χ2v) is 4.95. The number of hydrogen-bond donors (Lipinski definition) is 0. The standard InChI is InChI=1S/C15H22/c1-3-4-7-13-11-10-12(2)14-8-5-6-9-15(13)14/h5-6,8-9,12-13H,3-4,7,10-11H2,1-2H3/t12-,13+/m1/s1. The molecule has 0 aliphatic heterocycles. The van der Waals surface area contributed by atoms with E-state index in [1.54, 1.807) is 11.1 Å². The maximum atomic E-state index is 2.37. The number of rotatable bonds is 3. The SMILES string of the molecule is CCCC[C@H]1CC[C@@H](C)c2ccccc21. The molecule has 0 saturated carbocycles. The molecule has 0 N–H and O–H groups in total. The third-order valence-electron chi connectivity index (χ3n) is 3.82. The molecule has 0 fully saturated rings. The molecule has 0 nitrogen and oxygen atoms in total. The number of benzene rings is 1. The van der Waals surface area contributed by atoms with E-state index in [9.17, 15) is 0 Å². The molecule has 0 unspecified atom stereocenters. The van der Waals surface area contributed by atoms with Gasteiger partial charge in [-0.1, -0.05) is 51.0 Å². The van der Waals surface area contributed by atoms with Crippen molar-refractivity contribution in [1.82, 2.24) is 0 Å². The van der Waals surface area contributed by atoms with Crippen molar-refractivity contribution in [2.45, 2.75) is 57.8 Å². The van der Waals surface area contributed by atoms with Gasteiger partial charge in [0.15, 0.2) is 0 Å². The first-order valence-electron chi connectivity index (χ1n) is 6.41. The predicted molar refractivity (Wildman–Crippen MR) is 66.4 cm³/mol. The minimum absolute atomic E-state index is 0.777. The summed E-state index contributed by atoms with van der Waals surface area (Å²) in [5, 5.41) is 0. The Balaban J connectivity index is 2.20.